The molecule has 1 aromatic carbocycles. The summed E-state index contributed by atoms with van der Waals surface area (Å²) in [4.78, 5) is 13.8. The number of rotatable bonds is 1. The van der Waals surface area contributed by atoms with Crippen LogP contribution in [0.4, 0.5) is 4.39 Å². The van der Waals surface area contributed by atoms with E-state index in [0.717, 1.165) is 19.3 Å². The normalized spacial score (nSPS) is 16.1. The Morgan fingerprint density at radius 1 is 1.29 bits per heavy atom. The van der Waals surface area contributed by atoms with Gasteiger partial charge < -0.3 is 4.90 Å². The third-order valence-electron chi connectivity index (χ3n) is 2.90. The van der Waals surface area contributed by atoms with Crippen LogP contribution in [-0.4, -0.2) is 23.9 Å². The van der Waals surface area contributed by atoms with Crippen molar-refractivity contribution in [2.45, 2.75) is 19.3 Å². The summed E-state index contributed by atoms with van der Waals surface area (Å²) >= 11 is 9.18. The van der Waals surface area contributed by atoms with Crippen molar-refractivity contribution in [1.82, 2.24) is 4.90 Å². The average Bonchev–Trinajstić information content (AvgIpc) is 2.35. The van der Waals surface area contributed by atoms with Crippen molar-refractivity contribution >= 4 is 33.4 Å². The van der Waals surface area contributed by atoms with Crippen molar-refractivity contribution in [1.29, 1.82) is 0 Å². The number of amides is 1. The molecule has 5 heteroatoms. The minimum Gasteiger partial charge on any atom is -0.339 e. The highest BCUT2D eigenvalue weighted by Gasteiger charge is 2.24. The molecule has 2 rings (SSSR count). The smallest absolute Gasteiger partial charge is 0.258 e. The second kappa shape index (κ2) is 5.36. The van der Waals surface area contributed by atoms with E-state index < -0.39 is 5.82 Å². The Balaban J connectivity index is 2.32. The van der Waals surface area contributed by atoms with Crippen molar-refractivity contribution in [3.8, 4) is 0 Å². The molecule has 92 valence electrons. The number of carbonyl (C=O) groups excluding carboxylic acids is 1. The monoisotopic (exact) mass is 319 g/mol. The summed E-state index contributed by atoms with van der Waals surface area (Å²) in [6.07, 6.45) is 3.07. The highest BCUT2D eigenvalue weighted by Crippen LogP contribution is 2.29. The van der Waals surface area contributed by atoms with Gasteiger partial charge in [0.2, 0.25) is 0 Å². The van der Waals surface area contributed by atoms with E-state index >= 15 is 0 Å². The molecule has 0 N–H and O–H groups in total. The van der Waals surface area contributed by atoms with Gasteiger partial charge in [-0.2, -0.15) is 0 Å². The first-order chi connectivity index (χ1) is 8.11. The molecule has 1 saturated heterocycles. The molecule has 1 fully saturated rings. The molecule has 1 aliphatic heterocycles. The first-order valence-electron chi connectivity index (χ1n) is 5.54. The lowest BCUT2D eigenvalue weighted by molar-refractivity contribution is 0.0719. The summed E-state index contributed by atoms with van der Waals surface area (Å²) in [5.41, 5.74) is -0.0251. The lowest BCUT2D eigenvalue weighted by Crippen LogP contribution is -2.36. The Kier molecular flexibility index (Phi) is 4.05. The van der Waals surface area contributed by atoms with Crippen LogP contribution in [0.25, 0.3) is 0 Å². The van der Waals surface area contributed by atoms with Crippen LogP contribution in [0.15, 0.2) is 16.6 Å². The van der Waals surface area contributed by atoms with Crippen molar-refractivity contribution in [2.24, 2.45) is 0 Å². The first-order valence-corrected chi connectivity index (χ1v) is 6.71. The van der Waals surface area contributed by atoms with E-state index in [1.54, 1.807) is 4.90 Å². The fourth-order valence-corrected chi connectivity index (χ4v) is 2.54. The van der Waals surface area contributed by atoms with Gasteiger partial charge in [-0.05, 0) is 47.3 Å². The van der Waals surface area contributed by atoms with Crippen LogP contribution in [0.3, 0.4) is 0 Å². The maximum Gasteiger partial charge on any atom is 0.258 e. The zero-order valence-corrected chi connectivity index (χ0v) is 11.5. The van der Waals surface area contributed by atoms with Crippen LogP contribution in [-0.2, 0) is 0 Å². The highest BCUT2D eigenvalue weighted by molar-refractivity contribution is 9.10. The highest BCUT2D eigenvalue weighted by atomic mass is 79.9. The van der Waals surface area contributed by atoms with Gasteiger partial charge in [0, 0.05) is 17.6 Å². The molecule has 0 unspecified atom stereocenters. The van der Waals surface area contributed by atoms with Crippen LogP contribution >= 0.6 is 27.5 Å². The van der Waals surface area contributed by atoms with Crippen molar-refractivity contribution in [2.75, 3.05) is 13.1 Å². The molecule has 1 heterocycles. The van der Waals surface area contributed by atoms with Gasteiger partial charge in [0.1, 0.15) is 5.82 Å². The predicted molar refractivity (Wildman–Crippen MR) is 68.9 cm³/mol. The molecular weight excluding hydrogens is 308 g/mol. The van der Waals surface area contributed by atoms with E-state index in [0.29, 0.717) is 17.6 Å². The van der Waals surface area contributed by atoms with E-state index in [-0.39, 0.29) is 16.5 Å². The summed E-state index contributed by atoms with van der Waals surface area (Å²) in [6.45, 7) is 1.36. The first kappa shape index (κ1) is 12.8. The Morgan fingerprint density at radius 3 is 2.59 bits per heavy atom. The zero-order chi connectivity index (χ0) is 12.4. The van der Waals surface area contributed by atoms with Gasteiger partial charge in [0.15, 0.2) is 0 Å². The van der Waals surface area contributed by atoms with Crippen LogP contribution in [0.5, 0.6) is 0 Å². The average molecular weight is 321 g/mol. The van der Waals surface area contributed by atoms with Crippen LogP contribution in [0, 0.1) is 5.82 Å². The molecule has 1 amide bonds. The molecule has 0 aromatic heterocycles. The minimum absolute atomic E-state index is 0.0251. The number of hydrogen-bond acceptors (Lipinski definition) is 1. The SMILES string of the molecule is O=C(c1c(F)ccc(Br)c1Cl)N1CCCCC1. The Hall–Kier alpha value is -0.610. The van der Waals surface area contributed by atoms with Crippen molar-refractivity contribution in [3.05, 3.63) is 33.0 Å². The number of carbonyl (C=O) groups is 1. The minimum atomic E-state index is -0.561. The van der Waals surface area contributed by atoms with Gasteiger partial charge in [0.05, 0.1) is 10.6 Å². The number of nitrogens with zero attached hydrogens (tertiary/aromatic N) is 1. The number of likely N-dealkylation sites (tertiary alicyclic amines) is 1. The maximum atomic E-state index is 13.7. The van der Waals surface area contributed by atoms with E-state index in [2.05, 4.69) is 15.9 Å². The Labute approximate surface area is 113 Å². The summed E-state index contributed by atoms with van der Waals surface area (Å²) < 4.78 is 14.2. The summed E-state index contributed by atoms with van der Waals surface area (Å²) in [7, 11) is 0. The lowest BCUT2D eigenvalue weighted by Gasteiger charge is -2.27. The molecule has 0 aliphatic carbocycles. The van der Waals surface area contributed by atoms with Gasteiger partial charge in [-0.3, -0.25) is 4.79 Å². The van der Waals surface area contributed by atoms with Gasteiger partial charge in [-0.15, -0.1) is 0 Å². The molecule has 1 aromatic rings. The third kappa shape index (κ3) is 2.63. The lowest BCUT2D eigenvalue weighted by atomic mass is 10.1. The number of piperidine rings is 1. The number of halogens is 3. The van der Waals surface area contributed by atoms with Gasteiger partial charge >= 0.3 is 0 Å². The van der Waals surface area contributed by atoms with E-state index in [9.17, 15) is 9.18 Å². The van der Waals surface area contributed by atoms with E-state index in [1.165, 1.54) is 12.1 Å². The summed E-state index contributed by atoms with van der Waals surface area (Å²) in [5, 5.41) is 0.153. The molecule has 0 radical (unpaired) electrons. The van der Waals surface area contributed by atoms with E-state index in [1.807, 2.05) is 0 Å². The summed E-state index contributed by atoms with van der Waals surface area (Å²) in [6, 6.07) is 2.76. The standard InChI is InChI=1S/C12H12BrClFNO/c13-8-4-5-9(15)10(11(8)14)12(17)16-6-2-1-3-7-16/h4-5H,1-3,6-7H2. The van der Waals surface area contributed by atoms with Gasteiger partial charge in [-0.1, -0.05) is 11.6 Å². The van der Waals surface area contributed by atoms with Gasteiger partial charge in [0.25, 0.3) is 5.91 Å². The van der Waals surface area contributed by atoms with Crippen LogP contribution in [0.1, 0.15) is 29.6 Å². The molecule has 17 heavy (non-hydrogen) atoms. The fraction of sp³-hybridized carbons (Fsp3) is 0.417. The zero-order valence-electron chi connectivity index (χ0n) is 9.18. The topological polar surface area (TPSA) is 20.3 Å². The van der Waals surface area contributed by atoms with Crippen LogP contribution < -0.4 is 0 Å². The number of benzene rings is 1. The number of hydrogen-bond donors (Lipinski definition) is 0. The van der Waals surface area contributed by atoms with Crippen LogP contribution in [0.2, 0.25) is 5.02 Å². The summed E-state index contributed by atoms with van der Waals surface area (Å²) in [5.74, 6) is -0.873. The molecule has 1 aliphatic rings. The molecular formula is C12H12BrClFNO. The quantitative estimate of drug-likeness (QED) is 0.719. The largest absolute Gasteiger partial charge is 0.339 e. The Morgan fingerprint density at radius 2 is 1.94 bits per heavy atom. The molecule has 0 atom stereocenters. The molecule has 0 bridgehead atoms. The van der Waals surface area contributed by atoms with Crippen molar-refractivity contribution in [3.63, 3.8) is 0 Å². The fourth-order valence-electron chi connectivity index (χ4n) is 1.98. The van der Waals surface area contributed by atoms with Gasteiger partial charge in [-0.25, -0.2) is 4.39 Å². The Bertz CT molecular complexity index is 446. The van der Waals surface area contributed by atoms with E-state index in [4.69, 9.17) is 11.6 Å². The second-order valence-corrected chi connectivity index (χ2v) is 5.30. The second-order valence-electron chi connectivity index (χ2n) is 4.07. The third-order valence-corrected chi connectivity index (χ3v) is 4.18. The predicted octanol–water partition coefficient (Wildman–Crippen LogP) is 3.87. The molecule has 0 saturated carbocycles. The maximum absolute atomic E-state index is 13.7. The molecule has 0 spiro atoms. The molecule has 2 nitrogen and oxygen atoms in total. The van der Waals surface area contributed by atoms with Crippen molar-refractivity contribution < 1.29 is 9.18 Å².